The van der Waals surface area contributed by atoms with Crippen LogP contribution in [0.3, 0.4) is 0 Å². The summed E-state index contributed by atoms with van der Waals surface area (Å²) in [5.41, 5.74) is 2.17. The summed E-state index contributed by atoms with van der Waals surface area (Å²) in [6, 6.07) is 17.4. The van der Waals surface area contributed by atoms with E-state index in [9.17, 15) is 14.7 Å². The fraction of sp³-hybridized carbons (Fsp3) is 0. The smallest absolute Gasteiger partial charge is 0.352 e. The normalized spacial score (nSPS) is 11.1. The number of nitrogens with zero attached hydrogens (tertiary/aromatic N) is 1. The number of carboxylic acids is 1. The number of rotatable bonds is 5. The predicted molar refractivity (Wildman–Crippen MR) is 104 cm³/mol. The van der Waals surface area contributed by atoms with Gasteiger partial charge in [0.1, 0.15) is 5.70 Å². The first-order chi connectivity index (χ1) is 13.0. The van der Waals surface area contributed by atoms with Crippen LogP contribution in [-0.4, -0.2) is 22.0 Å². The summed E-state index contributed by atoms with van der Waals surface area (Å²) in [5.74, 6) is -1.75. The Bertz CT molecular complexity index is 1020. The third-order valence-electron chi connectivity index (χ3n) is 3.77. The summed E-state index contributed by atoms with van der Waals surface area (Å²) in [5, 5.41) is 12.4. The first-order valence-corrected chi connectivity index (χ1v) is 8.44. The van der Waals surface area contributed by atoms with Gasteiger partial charge in [0.2, 0.25) is 0 Å². The van der Waals surface area contributed by atoms with Gasteiger partial charge in [0.25, 0.3) is 5.91 Å². The van der Waals surface area contributed by atoms with Gasteiger partial charge in [0, 0.05) is 34.1 Å². The minimum atomic E-state index is -1.25. The van der Waals surface area contributed by atoms with Gasteiger partial charge in [-0.05, 0) is 35.9 Å². The molecule has 0 saturated heterocycles. The van der Waals surface area contributed by atoms with E-state index in [0.717, 1.165) is 11.1 Å². The first-order valence-electron chi connectivity index (χ1n) is 8.06. The maximum atomic E-state index is 12.2. The molecule has 0 unspecified atom stereocenters. The van der Waals surface area contributed by atoms with Gasteiger partial charge >= 0.3 is 5.97 Å². The van der Waals surface area contributed by atoms with Crippen LogP contribution in [0, 0.1) is 0 Å². The molecule has 2 aromatic carbocycles. The second kappa shape index (κ2) is 8.29. The van der Waals surface area contributed by atoms with E-state index in [2.05, 4.69) is 10.3 Å². The second-order valence-corrected chi connectivity index (χ2v) is 6.08. The lowest BCUT2D eigenvalue weighted by Crippen LogP contribution is -2.27. The number of aromatic nitrogens is 1. The molecule has 1 aromatic heterocycles. The van der Waals surface area contributed by atoms with Gasteiger partial charge in [-0.1, -0.05) is 48.0 Å². The van der Waals surface area contributed by atoms with E-state index in [0.29, 0.717) is 16.1 Å². The number of benzene rings is 2. The Morgan fingerprint density at radius 2 is 1.70 bits per heavy atom. The van der Waals surface area contributed by atoms with Crippen molar-refractivity contribution in [3.63, 3.8) is 0 Å². The largest absolute Gasteiger partial charge is 0.477 e. The molecule has 1 heterocycles. The molecular weight excluding hydrogens is 364 g/mol. The van der Waals surface area contributed by atoms with Gasteiger partial charge in [0.15, 0.2) is 0 Å². The minimum Gasteiger partial charge on any atom is -0.477 e. The predicted octanol–water partition coefficient (Wildman–Crippen LogP) is 4.26. The summed E-state index contributed by atoms with van der Waals surface area (Å²) < 4.78 is 0. The average molecular weight is 379 g/mol. The van der Waals surface area contributed by atoms with Crippen LogP contribution in [0.15, 0.2) is 78.8 Å². The Kier molecular flexibility index (Phi) is 5.64. The zero-order valence-corrected chi connectivity index (χ0v) is 14.9. The monoisotopic (exact) mass is 378 g/mol. The second-order valence-electron chi connectivity index (χ2n) is 5.67. The highest BCUT2D eigenvalue weighted by Gasteiger charge is 2.13. The maximum absolute atomic E-state index is 12.2. The van der Waals surface area contributed by atoms with Crippen LogP contribution in [0.25, 0.3) is 17.2 Å². The molecule has 3 aromatic rings. The van der Waals surface area contributed by atoms with Crippen LogP contribution < -0.4 is 5.32 Å². The number of carbonyl (C=O) groups excluding carboxylic acids is 1. The number of amides is 1. The lowest BCUT2D eigenvalue weighted by molar-refractivity contribution is -0.132. The number of pyridine rings is 1. The quantitative estimate of drug-likeness (QED) is 0.650. The van der Waals surface area contributed by atoms with Crippen LogP contribution in [-0.2, 0) is 4.79 Å². The van der Waals surface area contributed by atoms with Crippen molar-refractivity contribution in [3.8, 4) is 11.1 Å². The molecule has 134 valence electrons. The van der Waals surface area contributed by atoms with E-state index in [1.54, 1.807) is 48.7 Å². The van der Waals surface area contributed by atoms with Gasteiger partial charge in [-0.2, -0.15) is 0 Å². The summed E-state index contributed by atoms with van der Waals surface area (Å²) in [6.45, 7) is 0. The number of aliphatic carboxylic acids is 1. The standard InChI is InChI=1S/C21H15ClN2O3/c22-18-9-5-4-8-17(18)16-10-14(12-23-13-16)11-19(21(26)27)24-20(25)15-6-2-1-3-7-15/h1-13H,(H,24,25)(H,26,27). The molecule has 0 aliphatic heterocycles. The molecule has 0 bridgehead atoms. The van der Waals surface area contributed by atoms with Crippen LogP contribution >= 0.6 is 11.6 Å². The molecular formula is C21H15ClN2O3. The van der Waals surface area contributed by atoms with Crippen molar-refractivity contribution in [2.24, 2.45) is 0 Å². The minimum absolute atomic E-state index is 0.248. The van der Waals surface area contributed by atoms with Crippen LogP contribution in [0.4, 0.5) is 0 Å². The van der Waals surface area contributed by atoms with Crippen molar-refractivity contribution in [3.05, 3.63) is 94.9 Å². The Morgan fingerprint density at radius 3 is 2.41 bits per heavy atom. The van der Waals surface area contributed by atoms with E-state index < -0.39 is 11.9 Å². The number of carbonyl (C=O) groups is 2. The van der Waals surface area contributed by atoms with Gasteiger partial charge in [-0.15, -0.1) is 0 Å². The Hall–Kier alpha value is -3.44. The molecule has 6 heteroatoms. The zero-order valence-electron chi connectivity index (χ0n) is 14.1. The number of hydrogen-bond acceptors (Lipinski definition) is 3. The molecule has 0 radical (unpaired) electrons. The van der Waals surface area contributed by atoms with E-state index in [1.165, 1.54) is 12.3 Å². The van der Waals surface area contributed by atoms with Gasteiger partial charge in [-0.3, -0.25) is 9.78 Å². The van der Waals surface area contributed by atoms with E-state index in [-0.39, 0.29) is 5.70 Å². The zero-order chi connectivity index (χ0) is 19.2. The Balaban J connectivity index is 1.91. The molecule has 0 aliphatic carbocycles. The van der Waals surface area contributed by atoms with Crippen molar-refractivity contribution in [1.29, 1.82) is 0 Å². The molecule has 0 atom stereocenters. The fourth-order valence-electron chi connectivity index (χ4n) is 2.48. The summed E-state index contributed by atoms with van der Waals surface area (Å²) in [4.78, 5) is 27.9. The molecule has 0 saturated carbocycles. The molecule has 2 N–H and O–H groups in total. The average Bonchev–Trinajstić information content (AvgIpc) is 2.68. The Labute approximate surface area is 161 Å². The van der Waals surface area contributed by atoms with Crippen LogP contribution in [0.2, 0.25) is 5.02 Å². The molecule has 5 nitrogen and oxygen atoms in total. The van der Waals surface area contributed by atoms with Crippen molar-refractivity contribution >= 4 is 29.6 Å². The molecule has 0 spiro atoms. The lowest BCUT2D eigenvalue weighted by Gasteiger charge is -2.08. The van der Waals surface area contributed by atoms with Crippen LogP contribution in [0.5, 0.6) is 0 Å². The number of halogens is 1. The number of nitrogens with one attached hydrogen (secondary N) is 1. The molecule has 27 heavy (non-hydrogen) atoms. The lowest BCUT2D eigenvalue weighted by atomic mass is 10.1. The van der Waals surface area contributed by atoms with Crippen molar-refractivity contribution < 1.29 is 14.7 Å². The molecule has 0 fully saturated rings. The SMILES string of the molecule is O=C(O)C(=Cc1cncc(-c2ccccc2Cl)c1)NC(=O)c1ccccc1. The van der Waals surface area contributed by atoms with E-state index in [1.807, 2.05) is 18.2 Å². The van der Waals surface area contributed by atoms with Gasteiger partial charge < -0.3 is 10.4 Å². The first kappa shape index (κ1) is 18.4. The highest BCUT2D eigenvalue weighted by molar-refractivity contribution is 6.33. The highest BCUT2D eigenvalue weighted by atomic mass is 35.5. The summed E-state index contributed by atoms with van der Waals surface area (Å²) >= 11 is 6.21. The summed E-state index contributed by atoms with van der Waals surface area (Å²) in [6.07, 6.45) is 4.51. The Morgan fingerprint density at radius 1 is 1.00 bits per heavy atom. The maximum Gasteiger partial charge on any atom is 0.352 e. The fourth-order valence-corrected chi connectivity index (χ4v) is 2.73. The molecule has 3 rings (SSSR count). The number of hydrogen-bond donors (Lipinski definition) is 2. The topological polar surface area (TPSA) is 79.3 Å². The summed E-state index contributed by atoms with van der Waals surface area (Å²) in [7, 11) is 0. The molecule has 0 aliphatic rings. The van der Waals surface area contributed by atoms with Gasteiger partial charge in [0.05, 0.1) is 0 Å². The van der Waals surface area contributed by atoms with Gasteiger partial charge in [-0.25, -0.2) is 4.79 Å². The third kappa shape index (κ3) is 4.59. The van der Waals surface area contributed by atoms with E-state index in [4.69, 9.17) is 11.6 Å². The van der Waals surface area contributed by atoms with Crippen LogP contribution in [0.1, 0.15) is 15.9 Å². The highest BCUT2D eigenvalue weighted by Crippen LogP contribution is 2.27. The van der Waals surface area contributed by atoms with Crippen molar-refractivity contribution in [1.82, 2.24) is 10.3 Å². The van der Waals surface area contributed by atoms with E-state index >= 15 is 0 Å². The van der Waals surface area contributed by atoms with Crippen molar-refractivity contribution in [2.75, 3.05) is 0 Å². The third-order valence-corrected chi connectivity index (χ3v) is 4.10. The molecule has 1 amide bonds. The number of carboxylic acid groups (broad SMARTS) is 1. The van der Waals surface area contributed by atoms with Crippen molar-refractivity contribution in [2.45, 2.75) is 0 Å².